The van der Waals surface area contributed by atoms with Gasteiger partial charge in [0.25, 0.3) is 0 Å². The molecule has 1 aromatic carbocycles. The van der Waals surface area contributed by atoms with Gasteiger partial charge in [0.15, 0.2) is 0 Å². The minimum atomic E-state index is -0.840. The number of halogens is 1. The van der Waals surface area contributed by atoms with Gasteiger partial charge in [0.1, 0.15) is 17.7 Å². The Morgan fingerprint density at radius 1 is 1.38 bits per heavy atom. The van der Waals surface area contributed by atoms with E-state index < -0.39 is 6.04 Å². The number of rotatable bonds is 6. The van der Waals surface area contributed by atoms with E-state index in [0.717, 1.165) is 0 Å². The number of hydrogen-bond donors (Lipinski definition) is 2. The molecule has 0 radical (unpaired) electrons. The lowest BCUT2D eigenvalue weighted by atomic mass is 10.1. The predicted molar refractivity (Wildman–Crippen MR) is 90.1 cm³/mol. The fourth-order valence-electron chi connectivity index (χ4n) is 2.48. The van der Waals surface area contributed by atoms with Crippen molar-refractivity contribution in [2.24, 2.45) is 0 Å². The second kappa shape index (κ2) is 8.54. The van der Waals surface area contributed by atoms with Crippen molar-refractivity contribution in [3.8, 4) is 5.75 Å². The van der Waals surface area contributed by atoms with E-state index in [-0.39, 0.29) is 30.0 Å². The first-order valence-electron chi connectivity index (χ1n) is 7.71. The van der Waals surface area contributed by atoms with E-state index in [2.05, 4.69) is 10.6 Å². The van der Waals surface area contributed by atoms with Crippen LogP contribution in [0.25, 0.3) is 0 Å². The molecular formula is C16H20ClN3O4. The molecule has 0 bridgehead atoms. The van der Waals surface area contributed by atoms with Crippen molar-refractivity contribution in [3.63, 3.8) is 0 Å². The SMILES string of the molecule is CCOc1ccc(NC(=O)C[C@@H]2C(=O)NCCN2C(=O)CCl)cc1. The molecule has 0 aromatic heterocycles. The van der Waals surface area contributed by atoms with Crippen molar-refractivity contribution >= 4 is 35.0 Å². The Hall–Kier alpha value is -2.28. The molecule has 1 heterocycles. The minimum absolute atomic E-state index is 0.123. The first-order chi connectivity index (χ1) is 11.5. The van der Waals surface area contributed by atoms with Gasteiger partial charge in [-0.3, -0.25) is 14.4 Å². The number of benzene rings is 1. The molecule has 0 saturated carbocycles. The van der Waals surface area contributed by atoms with Crippen molar-refractivity contribution < 1.29 is 19.1 Å². The van der Waals surface area contributed by atoms with Gasteiger partial charge < -0.3 is 20.3 Å². The van der Waals surface area contributed by atoms with E-state index in [1.54, 1.807) is 24.3 Å². The summed E-state index contributed by atoms with van der Waals surface area (Å²) in [5.74, 6) is -0.564. The van der Waals surface area contributed by atoms with Gasteiger partial charge >= 0.3 is 0 Å². The van der Waals surface area contributed by atoms with Crippen LogP contribution in [0.15, 0.2) is 24.3 Å². The molecule has 1 fully saturated rings. The lowest BCUT2D eigenvalue weighted by molar-refractivity contribution is -0.143. The third-order valence-corrected chi connectivity index (χ3v) is 3.82. The van der Waals surface area contributed by atoms with E-state index in [9.17, 15) is 14.4 Å². The number of nitrogens with one attached hydrogen (secondary N) is 2. The predicted octanol–water partition coefficient (Wildman–Crippen LogP) is 0.980. The van der Waals surface area contributed by atoms with Crippen LogP contribution < -0.4 is 15.4 Å². The van der Waals surface area contributed by atoms with Crippen LogP contribution in [-0.4, -0.2) is 54.2 Å². The van der Waals surface area contributed by atoms with E-state index in [1.807, 2.05) is 6.92 Å². The van der Waals surface area contributed by atoms with E-state index in [4.69, 9.17) is 16.3 Å². The smallest absolute Gasteiger partial charge is 0.243 e. The van der Waals surface area contributed by atoms with Gasteiger partial charge in [0.2, 0.25) is 17.7 Å². The van der Waals surface area contributed by atoms with Gasteiger partial charge in [0.05, 0.1) is 13.0 Å². The standard InChI is InChI=1S/C16H20ClN3O4/c1-2-24-12-5-3-11(4-6-12)19-14(21)9-13-16(23)18-7-8-20(13)15(22)10-17/h3-6,13H,2,7-10H2,1H3,(H,18,23)(H,19,21)/t13-/m1/s1. The molecule has 1 aliphatic heterocycles. The monoisotopic (exact) mass is 353 g/mol. The van der Waals surface area contributed by atoms with Crippen LogP contribution in [0.4, 0.5) is 5.69 Å². The maximum absolute atomic E-state index is 12.2. The molecule has 0 spiro atoms. The normalized spacial score (nSPS) is 17.2. The molecular weight excluding hydrogens is 334 g/mol. The summed E-state index contributed by atoms with van der Waals surface area (Å²) in [6, 6.07) is 6.08. The highest BCUT2D eigenvalue weighted by Gasteiger charge is 2.34. The average molecular weight is 354 g/mol. The molecule has 7 nitrogen and oxygen atoms in total. The number of ether oxygens (including phenoxy) is 1. The highest BCUT2D eigenvalue weighted by atomic mass is 35.5. The fraction of sp³-hybridized carbons (Fsp3) is 0.438. The Balaban J connectivity index is 1.98. The molecule has 1 aromatic rings. The third-order valence-electron chi connectivity index (χ3n) is 3.59. The van der Waals surface area contributed by atoms with E-state index >= 15 is 0 Å². The second-order valence-corrected chi connectivity index (χ2v) is 5.50. The molecule has 2 rings (SSSR count). The largest absolute Gasteiger partial charge is 0.494 e. The summed E-state index contributed by atoms with van der Waals surface area (Å²) in [6.45, 7) is 3.16. The number of nitrogens with zero attached hydrogens (tertiary/aromatic N) is 1. The molecule has 2 N–H and O–H groups in total. The van der Waals surface area contributed by atoms with Crippen LogP contribution in [0, 0.1) is 0 Å². The highest BCUT2D eigenvalue weighted by molar-refractivity contribution is 6.27. The number of anilines is 1. The summed E-state index contributed by atoms with van der Waals surface area (Å²) < 4.78 is 5.33. The molecule has 1 aliphatic rings. The van der Waals surface area contributed by atoms with E-state index in [0.29, 0.717) is 31.1 Å². The first-order valence-corrected chi connectivity index (χ1v) is 8.24. The van der Waals surface area contributed by atoms with Crippen molar-refractivity contribution in [2.45, 2.75) is 19.4 Å². The van der Waals surface area contributed by atoms with Gasteiger partial charge in [-0.25, -0.2) is 0 Å². The summed E-state index contributed by atoms with van der Waals surface area (Å²) in [7, 11) is 0. The topological polar surface area (TPSA) is 87.7 Å². The van der Waals surface area contributed by atoms with Crippen LogP contribution >= 0.6 is 11.6 Å². The quantitative estimate of drug-likeness (QED) is 0.746. The second-order valence-electron chi connectivity index (χ2n) is 5.24. The summed E-state index contributed by atoms with van der Waals surface area (Å²) in [6.07, 6.45) is -0.123. The Morgan fingerprint density at radius 3 is 2.71 bits per heavy atom. The number of carbonyl (C=O) groups excluding carboxylic acids is 3. The Kier molecular flexibility index (Phi) is 6.43. The van der Waals surface area contributed by atoms with Gasteiger partial charge in [0, 0.05) is 18.8 Å². The Bertz CT molecular complexity index is 606. The summed E-state index contributed by atoms with van der Waals surface area (Å²) in [4.78, 5) is 37.4. The van der Waals surface area contributed by atoms with Gasteiger partial charge in [-0.2, -0.15) is 0 Å². The zero-order valence-electron chi connectivity index (χ0n) is 13.4. The third kappa shape index (κ3) is 4.61. The summed E-state index contributed by atoms with van der Waals surface area (Å²) in [5.41, 5.74) is 0.592. The maximum Gasteiger partial charge on any atom is 0.243 e. The van der Waals surface area contributed by atoms with Gasteiger partial charge in [-0.15, -0.1) is 11.6 Å². The van der Waals surface area contributed by atoms with Crippen LogP contribution in [0.1, 0.15) is 13.3 Å². The number of piperazine rings is 1. The van der Waals surface area contributed by atoms with Crippen LogP contribution in [0.5, 0.6) is 5.75 Å². The molecule has 24 heavy (non-hydrogen) atoms. The molecule has 0 aliphatic carbocycles. The number of amides is 3. The van der Waals surface area contributed by atoms with E-state index in [1.165, 1.54) is 4.90 Å². The molecule has 1 saturated heterocycles. The molecule has 8 heteroatoms. The van der Waals surface area contributed by atoms with Crippen LogP contribution in [0.2, 0.25) is 0 Å². The number of hydrogen-bond acceptors (Lipinski definition) is 4. The number of alkyl halides is 1. The Labute approximate surface area is 145 Å². The fourth-order valence-corrected chi connectivity index (χ4v) is 2.64. The lowest BCUT2D eigenvalue weighted by Crippen LogP contribution is -2.58. The summed E-state index contributed by atoms with van der Waals surface area (Å²) in [5, 5.41) is 5.37. The lowest BCUT2D eigenvalue weighted by Gasteiger charge is -2.34. The first kappa shape index (κ1) is 18.1. The zero-order chi connectivity index (χ0) is 17.5. The zero-order valence-corrected chi connectivity index (χ0v) is 14.1. The molecule has 130 valence electrons. The Morgan fingerprint density at radius 2 is 2.08 bits per heavy atom. The van der Waals surface area contributed by atoms with Crippen LogP contribution in [-0.2, 0) is 14.4 Å². The van der Waals surface area contributed by atoms with Crippen molar-refractivity contribution in [1.82, 2.24) is 10.2 Å². The molecule has 1 atom stereocenters. The van der Waals surface area contributed by atoms with Crippen molar-refractivity contribution in [3.05, 3.63) is 24.3 Å². The van der Waals surface area contributed by atoms with Gasteiger partial charge in [-0.05, 0) is 31.2 Å². The van der Waals surface area contributed by atoms with Crippen LogP contribution in [0.3, 0.4) is 0 Å². The summed E-state index contributed by atoms with van der Waals surface area (Å²) >= 11 is 5.57. The maximum atomic E-state index is 12.2. The van der Waals surface area contributed by atoms with Crippen molar-refractivity contribution in [1.29, 1.82) is 0 Å². The average Bonchev–Trinajstić information content (AvgIpc) is 2.58. The van der Waals surface area contributed by atoms with Gasteiger partial charge in [-0.1, -0.05) is 0 Å². The minimum Gasteiger partial charge on any atom is -0.494 e. The highest BCUT2D eigenvalue weighted by Crippen LogP contribution is 2.17. The molecule has 0 unspecified atom stereocenters. The van der Waals surface area contributed by atoms with Crippen molar-refractivity contribution in [2.75, 3.05) is 30.9 Å². The number of carbonyl (C=O) groups is 3. The molecule has 3 amide bonds.